The maximum absolute atomic E-state index is 9.61. The van der Waals surface area contributed by atoms with Gasteiger partial charge in [0.2, 0.25) is 0 Å². The zero-order valence-electron chi connectivity index (χ0n) is 11.8. The van der Waals surface area contributed by atoms with E-state index in [0.717, 1.165) is 12.8 Å². The molecule has 3 rings (SSSR count). The van der Waals surface area contributed by atoms with Crippen LogP contribution in [-0.2, 0) is 12.8 Å². The second kappa shape index (κ2) is 5.68. The summed E-state index contributed by atoms with van der Waals surface area (Å²) in [5, 5.41) is 13.1. The van der Waals surface area contributed by atoms with Crippen LogP contribution in [0.3, 0.4) is 0 Å². The molecule has 2 heteroatoms. The van der Waals surface area contributed by atoms with E-state index in [1.54, 1.807) is 6.07 Å². The first-order valence-corrected chi connectivity index (χ1v) is 7.31. The van der Waals surface area contributed by atoms with E-state index in [2.05, 4.69) is 35.6 Å². The minimum Gasteiger partial charge on any atom is -0.508 e. The van der Waals surface area contributed by atoms with E-state index in [4.69, 9.17) is 0 Å². The number of hydrogen-bond donors (Lipinski definition) is 2. The zero-order valence-corrected chi connectivity index (χ0v) is 11.8. The van der Waals surface area contributed by atoms with Gasteiger partial charge in [0.1, 0.15) is 5.75 Å². The first-order valence-electron chi connectivity index (χ1n) is 7.31. The van der Waals surface area contributed by atoms with E-state index in [9.17, 15) is 5.11 Å². The van der Waals surface area contributed by atoms with Gasteiger partial charge in [0.25, 0.3) is 0 Å². The molecule has 1 aliphatic carbocycles. The van der Waals surface area contributed by atoms with Gasteiger partial charge in [0, 0.05) is 6.04 Å². The lowest BCUT2D eigenvalue weighted by molar-refractivity contribution is 0.334. The molecule has 0 bridgehead atoms. The number of fused-ring (bicyclic) bond motifs is 1. The fraction of sp³-hybridized carbons (Fsp3) is 0.333. The maximum atomic E-state index is 9.61. The van der Waals surface area contributed by atoms with Crippen molar-refractivity contribution in [3.8, 4) is 5.75 Å². The number of nitrogens with one attached hydrogen (secondary N) is 1. The van der Waals surface area contributed by atoms with E-state index in [-0.39, 0.29) is 0 Å². The predicted octanol–water partition coefficient (Wildman–Crippen LogP) is 3.46. The first-order chi connectivity index (χ1) is 9.78. The topological polar surface area (TPSA) is 32.3 Å². The highest BCUT2D eigenvalue weighted by atomic mass is 16.3. The van der Waals surface area contributed by atoms with Gasteiger partial charge < -0.3 is 10.4 Å². The third-order valence-electron chi connectivity index (χ3n) is 4.37. The molecule has 0 aliphatic heterocycles. The summed E-state index contributed by atoms with van der Waals surface area (Å²) >= 11 is 0. The molecule has 104 valence electrons. The number of rotatable bonds is 3. The molecule has 2 N–H and O–H groups in total. The van der Waals surface area contributed by atoms with Crippen molar-refractivity contribution in [3.63, 3.8) is 0 Å². The Hall–Kier alpha value is -1.80. The number of benzene rings is 2. The van der Waals surface area contributed by atoms with Gasteiger partial charge in [-0.3, -0.25) is 0 Å². The third kappa shape index (κ3) is 2.56. The smallest absolute Gasteiger partial charge is 0.115 e. The lowest BCUT2D eigenvalue weighted by Gasteiger charge is -2.33. The Morgan fingerprint density at radius 3 is 2.80 bits per heavy atom. The van der Waals surface area contributed by atoms with Crippen molar-refractivity contribution in [1.29, 1.82) is 0 Å². The van der Waals surface area contributed by atoms with Crippen LogP contribution in [0.1, 0.15) is 29.2 Å². The molecule has 0 heterocycles. The normalized spacial score (nSPS) is 21.4. The minimum absolute atomic E-state index is 0.361. The quantitative estimate of drug-likeness (QED) is 0.892. The fourth-order valence-electron chi connectivity index (χ4n) is 3.42. The molecule has 0 fully saturated rings. The van der Waals surface area contributed by atoms with Gasteiger partial charge in [-0.15, -0.1) is 0 Å². The highest BCUT2D eigenvalue weighted by molar-refractivity contribution is 5.34. The van der Waals surface area contributed by atoms with Crippen LogP contribution >= 0.6 is 0 Å². The summed E-state index contributed by atoms with van der Waals surface area (Å²) in [4.78, 5) is 0. The SMILES string of the molecule is CNC1c2ccccc2CCC1Cc1cccc(O)c1. The van der Waals surface area contributed by atoms with Crippen molar-refractivity contribution in [1.82, 2.24) is 5.32 Å². The van der Waals surface area contributed by atoms with E-state index in [0.29, 0.717) is 17.7 Å². The Morgan fingerprint density at radius 2 is 2.00 bits per heavy atom. The Bertz CT molecular complexity index is 593. The molecule has 2 atom stereocenters. The van der Waals surface area contributed by atoms with E-state index in [1.807, 2.05) is 19.2 Å². The molecule has 0 saturated heterocycles. The first kappa shape index (κ1) is 13.2. The van der Waals surface area contributed by atoms with E-state index < -0.39 is 0 Å². The molecule has 0 aromatic heterocycles. The molecular formula is C18H21NO. The predicted molar refractivity (Wildman–Crippen MR) is 81.9 cm³/mol. The van der Waals surface area contributed by atoms with Crippen LogP contribution < -0.4 is 5.32 Å². The molecule has 0 radical (unpaired) electrons. The van der Waals surface area contributed by atoms with Crippen LogP contribution in [-0.4, -0.2) is 12.2 Å². The molecular weight excluding hydrogens is 246 g/mol. The van der Waals surface area contributed by atoms with Crippen LogP contribution in [0, 0.1) is 5.92 Å². The van der Waals surface area contributed by atoms with Crippen LogP contribution in [0.4, 0.5) is 0 Å². The minimum atomic E-state index is 0.361. The number of phenolic OH excluding ortho intramolecular Hbond substituents is 1. The highest BCUT2D eigenvalue weighted by Crippen LogP contribution is 2.36. The van der Waals surface area contributed by atoms with Crippen LogP contribution in [0.15, 0.2) is 48.5 Å². The van der Waals surface area contributed by atoms with Crippen molar-refractivity contribution >= 4 is 0 Å². The van der Waals surface area contributed by atoms with Gasteiger partial charge in [0.05, 0.1) is 0 Å². The Labute approximate surface area is 120 Å². The van der Waals surface area contributed by atoms with Crippen LogP contribution in [0.25, 0.3) is 0 Å². The molecule has 2 unspecified atom stereocenters. The summed E-state index contributed by atoms with van der Waals surface area (Å²) in [6.45, 7) is 0. The Morgan fingerprint density at radius 1 is 1.15 bits per heavy atom. The van der Waals surface area contributed by atoms with Gasteiger partial charge in [-0.25, -0.2) is 0 Å². The molecule has 0 spiro atoms. The molecule has 1 aliphatic rings. The molecule has 20 heavy (non-hydrogen) atoms. The van der Waals surface area contributed by atoms with Crippen LogP contribution in [0.5, 0.6) is 5.75 Å². The summed E-state index contributed by atoms with van der Waals surface area (Å²) in [6.07, 6.45) is 3.35. The van der Waals surface area contributed by atoms with E-state index in [1.165, 1.54) is 23.1 Å². The number of aryl methyl sites for hydroxylation is 1. The molecule has 2 nitrogen and oxygen atoms in total. The summed E-state index contributed by atoms with van der Waals surface area (Å²) in [7, 11) is 2.04. The highest BCUT2D eigenvalue weighted by Gasteiger charge is 2.28. The van der Waals surface area contributed by atoms with Gasteiger partial charge in [-0.2, -0.15) is 0 Å². The van der Waals surface area contributed by atoms with Gasteiger partial charge in [-0.1, -0.05) is 36.4 Å². The second-order valence-corrected chi connectivity index (χ2v) is 5.64. The summed E-state index contributed by atoms with van der Waals surface area (Å²) in [5.74, 6) is 0.941. The average Bonchev–Trinajstić information content (AvgIpc) is 2.47. The van der Waals surface area contributed by atoms with Crippen molar-refractivity contribution in [2.75, 3.05) is 7.05 Å². The van der Waals surface area contributed by atoms with Crippen molar-refractivity contribution in [2.45, 2.75) is 25.3 Å². The lowest BCUT2D eigenvalue weighted by atomic mass is 9.77. The second-order valence-electron chi connectivity index (χ2n) is 5.64. The molecule has 2 aromatic rings. The van der Waals surface area contributed by atoms with E-state index >= 15 is 0 Å². The average molecular weight is 267 g/mol. The van der Waals surface area contributed by atoms with Crippen molar-refractivity contribution in [3.05, 3.63) is 65.2 Å². The van der Waals surface area contributed by atoms with Gasteiger partial charge in [-0.05, 0) is 61.1 Å². The Kier molecular flexibility index (Phi) is 3.75. The number of phenols is 1. The zero-order chi connectivity index (χ0) is 13.9. The standard InChI is InChI=1S/C18H21NO/c1-19-18-15(11-13-5-4-7-16(20)12-13)10-9-14-6-2-3-8-17(14)18/h2-8,12,15,18-20H,9-11H2,1H3. The summed E-state index contributed by atoms with van der Waals surface area (Å²) in [6, 6.07) is 16.8. The monoisotopic (exact) mass is 267 g/mol. The molecule has 2 aromatic carbocycles. The largest absolute Gasteiger partial charge is 0.508 e. The molecule has 0 amide bonds. The Balaban J connectivity index is 1.84. The fourth-order valence-corrected chi connectivity index (χ4v) is 3.42. The molecule has 0 saturated carbocycles. The number of hydrogen-bond acceptors (Lipinski definition) is 2. The third-order valence-corrected chi connectivity index (χ3v) is 4.37. The summed E-state index contributed by atoms with van der Waals surface area (Å²) < 4.78 is 0. The maximum Gasteiger partial charge on any atom is 0.115 e. The summed E-state index contributed by atoms with van der Waals surface area (Å²) in [5.41, 5.74) is 4.13. The van der Waals surface area contributed by atoms with Crippen LogP contribution in [0.2, 0.25) is 0 Å². The van der Waals surface area contributed by atoms with Gasteiger partial charge >= 0.3 is 0 Å². The lowest BCUT2D eigenvalue weighted by Crippen LogP contribution is -2.31. The van der Waals surface area contributed by atoms with Crippen molar-refractivity contribution in [2.24, 2.45) is 5.92 Å². The van der Waals surface area contributed by atoms with Gasteiger partial charge in [0.15, 0.2) is 0 Å². The number of aromatic hydroxyl groups is 1. The van der Waals surface area contributed by atoms with Crippen molar-refractivity contribution < 1.29 is 5.11 Å².